The molecule has 3 heteroatoms. The molecule has 0 aromatic rings. The molecule has 0 aromatic heterocycles. The van der Waals surface area contributed by atoms with Gasteiger partial charge in [-0.15, -0.1) is 0 Å². The zero-order chi connectivity index (χ0) is 32.7. The average molecular weight is 628 g/mol. The van der Waals surface area contributed by atoms with Crippen LogP contribution in [0.5, 0.6) is 0 Å². The zero-order valence-electron chi connectivity index (χ0n) is 30.5. The molecule has 1 unspecified atom stereocenters. The lowest BCUT2D eigenvalue weighted by Gasteiger charge is -2.18. The van der Waals surface area contributed by atoms with Crippen molar-refractivity contribution in [2.75, 3.05) is 13.1 Å². The molecule has 0 aliphatic rings. The highest BCUT2D eigenvalue weighted by molar-refractivity contribution is 5.69. The lowest BCUT2D eigenvalue weighted by molar-refractivity contribution is -0.150. The Morgan fingerprint density at radius 1 is 0.511 bits per heavy atom. The minimum atomic E-state index is 0.000493. The molecule has 0 radical (unpaired) electrons. The van der Waals surface area contributed by atoms with Gasteiger partial charge < -0.3 is 10.1 Å². The Balaban J connectivity index is 4.02. The number of hydrogen-bond acceptors (Lipinski definition) is 3. The number of hydrogen-bond donors (Lipinski definition) is 1. The van der Waals surface area contributed by atoms with Crippen molar-refractivity contribution >= 4 is 5.97 Å². The molecule has 0 aromatic carbocycles. The van der Waals surface area contributed by atoms with E-state index in [1.54, 1.807) is 0 Å². The third-order valence-corrected chi connectivity index (χ3v) is 8.49. The van der Waals surface area contributed by atoms with Crippen molar-refractivity contribution in [3.05, 3.63) is 48.6 Å². The standard InChI is InChI=1S/C42H77NO2/c1-4-7-9-11-13-15-17-19-21-23-25-27-29-31-33-35-38-41(45-42(44)39-36-40-43-6-3)37-34-32-30-28-26-24-22-20-18-16-14-12-10-8-5-2/h13-16,19-22,41,43H,4-12,17-18,23-40H2,1-3H3. The van der Waals surface area contributed by atoms with Crippen LogP contribution < -0.4 is 5.32 Å². The van der Waals surface area contributed by atoms with Crippen LogP contribution in [0.3, 0.4) is 0 Å². The van der Waals surface area contributed by atoms with Crippen LogP contribution in [0.4, 0.5) is 0 Å². The molecule has 3 nitrogen and oxygen atoms in total. The molecule has 0 amide bonds. The van der Waals surface area contributed by atoms with E-state index in [0.717, 1.165) is 45.2 Å². The Morgan fingerprint density at radius 3 is 1.33 bits per heavy atom. The fourth-order valence-corrected chi connectivity index (χ4v) is 5.59. The van der Waals surface area contributed by atoms with E-state index in [2.05, 4.69) is 74.7 Å². The highest BCUT2D eigenvalue weighted by Gasteiger charge is 2.14. The zero-order valence-corrected chi connectivity index (χ0v) is 30.5. The lowest BCUT2D eigenvalue weighted by Crippen LogP contribution is -2.20. The van der Waals surface area contributed by atoms with E-state index in [4.69, 9.17) is 4.74 Å². The Bertz CT molecular complexity index is 707. The summed E-state index contributed by atoms with van der Waals surface area (Å²) in [5.74, 6) is 0.000493. The molecule has 0 saturated carbocycles. The molecule has 0 heterocycles. The summed E-state index contributed by atoms with van der Waals surface area (Å²) in [6.07, 6.45) is 51.3. The van der Waals surface area contributed by atoms with Gasteiger partial charge in [0.05, 0.1) is 0 Å². The summed E-state index contributed by atoms with van der Waals surface area (Å²) in [6.45, 7) is 8.48. The van der Waals surface area contributed by atoms with Gasteiger partial charge in [-0.25, -0.2) is 0 Å². The average Bonchev–Trinajstić information content (AvgIpc) is 3.04. The second-order valence-corrected chi connectivity index (χ2v) is 13.0. The summed E-state index contributed by atoms with van der Waals surface area (Å²) in [4.78, 5) is 12.5. The van der Waals surface area contributed by atoms with Gasteiger partial charge in [0.25, 0.3) is 0 Å². The number of rotatable bonds is 35. The summed E-state index contributed by atoms with van der Waals surface area (Å²) in [5.41, 5.74) is 0. The van der Waals surface area contributed by atoms with Gasteiger partial charge in [-0.1, -0.05) is 140 Å². The van der Waals surface area contributed by atoms with Crippen LogP contribution in [0.2, 0.25) is 0 Å². The molecular formula is C42H77NO2. The third-order valence-electron chi connectivity index (χ3n) is 8.49. The predicted octanol–water partition coefficient (Wildman–Crippen LogP) is 13.3. The molecule has 0 aliphatic heterocycles. The fourth-order valence-electron chi connectivity index (χ4n) is 5.59. The Morgan fingerprint density at radius 2 is 0.911 bits per heavy atom. The topological polar surface area (TPSA) is 38.3 Å². The van der Waals surface area contributed by atoms with Crippen molar-refractivity contribution in [1.82, 2.24) is 5.32 Å². The minimum Gasteiger partial charge on any atom is -0.462 e. The molecule has 0 rings (SSSR count). The van der Waals surface area contributed by atoms with Crippen LogP contribution in [-0.2, 0) is 9.53 Å². The summed E-state index contributed by atoms with van der Waals surface area (Å²) in [7, 11) is 0. The van der Waals surface area contributed by atoms with Gasteiger partial charge in [0, 0.05) is 6.42 Å². The first kappa shape index (κ1) is 43.4. The Hall–Kier alpha value is -1.61. The third kappa shape index (κ3) is 36.7. The number of ether oxygens (including phenoxy) is 1. The molecule has 0 aliphatic carbocycles. The number of esters is 1. The molecular weight excluding hydrogens is 550 g/mol. The SMILES string of the molecule is CCCCCC=CCC=CCCCCCCCCC(CCCCCCCC=CCC=CCCCCC)OC(=O)CCCNCC. The predicted molar refractivity (Wildman–Crippen MR) is 201 cm³/mol. The number of allylic oxidation sites excluding steroid dienone is 8. The molecule has 0 fully saturated rings. The van der Waals surface area contributed by atoms with Crippen molar-refractivity contribution in [3.63, 3.8) is 0 Å². The summed E-state index contributed by atoms with van der Waals surface area (Å²) >= 11 is 0. The van der Waals surface area contributed by atoms with Crippen LogP contribution in [0.25, 0.3) is 0 Å². The molecule has 45 heavy (non-hydrogen) atoms. The van der Waals surface area contributed by atoms with E-state index < -0.39 is 0 Å². The lowest BCUT2D eigenvalue weighted by atomic mass is 10.0. The van der Waals surface area contributed by atoms with E-state index in [1.165, 1.54) is 135 Å². The first-order valence-electron chi connectivity index (χ1n) is 19.7. The van der Waals surface area contributed by atoms with Crippen molar-refractivity contribution in [2.45, 2.75) is 200 Å². The van der Waals surface area contributed by atoms with Gasteiger partial charge in [-0.05, 0) is 109 Å². The van der Waals surface area contributed by atoms with Crippen molar-refractivity contribution in [2.24, 2.45) is 0 Å². The second kappa shape index (κ2) is 38.6. The van der Waals surface area contributed by atoms with Crippen LogP contribution in [0, 0.1) is 0 Å². The van der Waals surface area contributed by atoms with Crippen molar-refractivity contribution in [1.29, 1.82) is 0 Å². The molecule has 1 atom stereocenters. The number of carbonyl (C=O) groups excluding carboxylic acids is 1. The van der Waals surface area contributed by atoms with Crippen LogP contribution in [0.15, 0.2) is 48.6 Å². The maximum Gasteiger partial charge on any atom is 0.306 e. The Labute approximate surface area is 282 Å². The normalized spacial score (nSPS) is 12.9. The van der Waals surface area contributed by atoms with Crippen LogP contribution in [0.1, 0.15) is 194 Å². The quantitative estimate of drug-likeness (QED) is 0.0431. The van der Waals surface area contributed by atoms with Crippen LogP contribution >= 0.6 is 0 Å². The largest absolute Gasteiger partial charge is 0.462 e. The number of nitrogens with one attached hydrogen (secondary N) is 1. The fraction of sp³-hybridized carbons (Fsp3) is 0.786. The molecule has 1 N–H and O–H groups in total. The van der Waals surface area contributed by atoms with E-state index in [1.807, 2.05) is 0 Å². The van der Waals surface area contributed by atoms with Crippen LogP contribution in [-0.4, -0.2) is 25.2 Å². The van der Waals surface area contributed by atoms with Gasteiger partial charge in [-0.2, -0.15) is 0 Å². The smallest absolute Gasteiger partial charge is 0.306 e. The van der Waals surface area contributed by atoms with E-state index in [0.29, 0.717) is 6.42 Å². The van der Waals surface area contributed by atoms with E-state index in [-0.39, 0.29) is 12.1 Å². The highest BCUT2D eigenvalue weighted by Crippen LogP contribution is 2.18. The van der Waals surface area contributed by atoms with Crippen molar-refractivity contribution in [3.8, 4) is 0 Å². The van der Waals surface area contributed by atoms with Gasteiger partial charge in [0.2, 0.25) is 0 Å². The minimum absolute atomic E-state index is 0.000493. The van der Waals surface area contributed by atoms with Gasteiger partial charge in [0.1, 0.15) is 6.10 Å². The van der Waals surface area contributed by atoms with Gasteiger partial charge >= 0.3 is 5.97 Å². The van der Waals surface area contributed by atoms with Crippen molar-refractivity contribution < 1.29 is 9.53 Å². The molecule has 0 bridgehead atoms. The monoisotopic (exact) mass is 628 g/mol. The maximum absolute atomic E-state index is 12.5. The summed E-state index contributed by atoms with van der Waals surface area (Å²) in [6, 6.07) is 0. The molecule has 0 spiro atoms. The summed E-state index contributed by atoms with van der Waals surface area (Å²) < 4.78 is 5.98. The van der Waals surface area contributed by atoms with Gasteiger partial charge in [0.15, 0.2) is 0 Å². The highest BCUT2D eigenvalue weighted by atomic mass is 16.5. The first-order valence-corrected chi connectivity index (χ1v) is 19.7. The van der Waals surface area contributed by atoms with Gasteiger partial charge in [-0.3, -0.25) is 4.79 Å². The first-order chi connectivity index (χ1) is 22.2. The number of unbranched alkanes of at least 4 members (excludes halogenated alkanes) is 17. The second-order valence-electron chi connectivity index (χ2n) is 13.0. The number of carbonyl (C=O) groups is 1. The Kier molecular flexibility index (Phi) is 37.2. The molecule has 0 saturated heterocycles. The van der Waals surface area contributed by atoms with E-state index >= 15 is 0 Å². The van der Waals surface area contributed by atoms with E-state index in [9.17, 15) is 4.79 Å². The maximum atomic E-state index is 12.5. The molecule has 262 valence electrons. The summed E-state index contributed by atoms with van der Waals surface area (Å²) in [5, 5.41) is 3.30.